The van der Waals surface area contributed by atoms with Crippen molar-refractivity contribution in [2.45, 2.75) is 43.6 Å². The van der Waals surface area contributed by atoms with E-state index in [1.807, 2.05) is 0 Å². The van der Waals surface area contributed by atoms with Crippen molar-refractivity contribution in [3.8, 4) is 5.75 Å². The van der Waals surface area contributed by atoms with Crippen molar-refractivity contribution in [1.29, 1.82) is 0 Å². The van der Waals surface area contributed by atoms with Crippen LogP contribution in [0.15, 0.2) is 36.5 Å². The number of nitrogens with zero attached hydrogens (tertiary/aromatic N) is 4. The highest BCUT2D eigenvalue weighted by Crippen LogP contribution is 2.41. The number of aromatic carboxylic acids is 1. The molecule has 0 radical (unpaired) electrons. The molecule has 13 heteroatoms. The number of anilines is 1. The molecule has 1 aliphatic carbocycles. The van der Waals surface area contributed by atoms with Crippen LogP contribution in [0.25, 0.3) is 5.65 Å². The van der Waals surface area contributed by atoms with E-state index in [1.54, 1.807) is 23.1 Å². The van der Waals surface area contributed by atoms with Crippen molar-refractivity contribution in [1.82, 2.24) is 14.6 Å². The molecular formula is C21H24Cl3F2N5O3. The number of alkyl halides is 1. The second-order valence-electron chi connectivity index (χ2n) is 8.06. The summed E-state index contributed by atoms with van der Waals surface area (Å²) in [6.07, 6.45) is 1.59. The highest BCUT2D eigenvalue weighted by atomic mass is 35.5. The van der Waals surface area contributed by atoms with E-state index in [0.717, 1.165) is 0 Å². The van der Waals surface area contributed by atoms with Crippen LogP contribution in [0.2, 0.25) is 0 Å². The number of nitrogens with two attached hydrogens (primary N) is 1. The smallest absolute Gasteiger partial charge is 0.356 e. The van der Waals surface area contributed by atoms with Gasteiger partial charge in [-0.05, 0) is 43.2 Å². The number of aromatic nitrogens is 3. The Morgan fingerprint density at radius 2 is 1.88 bits per heavy atom. The molecule has 1 saturated heterocycles. The van der Waals surface area contributed by atoms with Crippen LogP contribution in [0.1, 0.15) is 41.4 Å². The molecule has 0 spiro atoms. The quantitative estimate of drug-likeness (QED) is 0.506. The number of carboxylic acids is 1. The maximum atomic E-state index is 14.5. The van der Waals surface area contributed by atoms with Gasteiger partial charge in [0.1, 0.15) is 29.7 Å². The maximum absolute atomic E-state index is 14.5. The van der Waals surface area contributed by atoms with E-state index < -0.39 is 24.0 Å². The average Bonchev–Trinajstić information content (AvgIpc) is 3.31. The number of fused-ring (bicyclic) bond motifs is 1. The van der Waals surface area contributed by atoms with Gasteiger partial charge in [0.15, 0.2) is 11.3 Å². The van der Waals surface area contributed by atoms with E-state index in [0.29, 0.717) is 35.6 Å². The summed E-state index contributed by atoms with van der Waals surface area (Å²) in [4.78, 5) is 17.2. The SMILES string of the molecule is Cl.Cl.Cl.NC1CC(Oc2ccc(F)cc2[C@H]2C[C@H](F)CN2c2ccc3ncc(C(=O)O)n3n2)C1. The van der Waals surface area contributed by atoms with Crippen molar-refractivity contribution in [3.63, 3.8) is 0 Å². The van der Waals surface area contributed by atoms with Gasteiger partial charge in [-0.15, -0.1) is 42.3 Å². The lowest BCUT2D eigenvalue weighted by atomic mass is 9.90. The third-order valence-electron chi connectivity index (χ3n) is 5.87. The number of halogens is 5. The second-order valence-corrected chi connectivity index (χ2v) is 8.06. The lowest BCUT2D eigenvalue weighted by molar-refractivity contribution is 0.0688. The first-order valence-electron chi connectivity index (χ1n) is 10.1. The van der Waals surface area contributed by atoms with Crippen LogP contribution in [-0.2, 0) is 0 Å². The molecule has 3 aromatic rings. The molecule has 0 unspecified atom stereocenters. The Kier molecular flexibility index (Phi) is 8.92. The third-order valence-corrected chi connectivity index (χ3v) is 5.87. The van der Waals surface area contributed by atoms with Gasteiger partial charge in [-0.2, -0.15) is 0 Å². The van der Waals surface area contributed by atoms with Crippen molar-refractivity contribution in [2.24, 2.45) is 5.73 Å². The summed E-state index contributed by atoms with van der Waals surface area (Å²) < 4.78 is 35.9. The Hall–Kier alpha value is -2.40. The summed E-state index contributed by atoms with van der Waals surface area (Å²) in [5.41, 5.74) is 6.64. The zero-order valence-corrected chi connectivity index (χ0v) is 20.2. The second kappa shape index (κ2) is 10.9. The predicted octanol–water partition coefficient (Wildman–Crippen LogP) is 3.99. The molecule has 0 bridgehead atoms. The topological polar surface area (TPSA) is 106 Å². The minimum absolute atomic E-state index is 0. The van der Waals surface area contributed by atoms with Gasteiger partial charge in [0.2, 0.25) is 0 Å². The lowest BCUT2D eigenvalue weighted by Gasteiger charge is -2.34. The van der Waals surface area contributed by atoms with E-state index in [1.165, 1.54) is 22.8 Å². The van der Waals surface area contributed by atoms with Crippen LogP contribution in [0.5, 0.6) is 5.75 Å². The van der Waals surface area contributed by atoms with Crippen LogP contribution >= 0.6 is 37.2 Å². The monoisotopic (exact) mass is 537 g/mol. The van der Waals surface area contributed by atoms with Gasteiger partial charge in [0.25, 0.3) is 0 Å². The van der Waals surface area contributed by atoms with E-state index in [4.69, 9.17) is 10.5 Å². The molecule has 5 rings (SSSR count). The zero-order chi connectivity index (χ0) is 21.7. The molecule has 3 N–H and O–H groups in total. The molecule has 186 valence electrons. The number of hydrogen-bond acceptors (Lipinski definition) is 6. The fraction of sp³-hybridized carbons (Fsp3) is 0.381. The van der Waals surface area contributed by atoms with Crippen LogP contribution < -0.4 is 15.4 Å². The molecule has 2 aliphatic rings. The molecule has 2 atom stereocenters. The summed E-state index contributed by atoms with van der Waals surface area (Å²) in [6.45, 7) is 0.0462. The van der Waals surface area contributed by atoms with Crippen molar-refractivity contribution < 1.29 is 23.4 Å². The largest absolute Gasteiger partial charge is 0.490 e. The Balaban J connectivity index is 0.00000136. The molecule has 1 aromatic carbocycles. The van der Waals surface area contributed by atoms with Crippen LogP contribution in [-0.4, -0.2) is 50.5 Å². The van der Waals surface area contributed by atoms with Gasteiger partial charge in [-0.1, -0.05) is 0 Å². The van der Waals surface area contributed by atoms with E-state index in [2.05, 4.69) is 10.1 Å². The summed E-state index contributed by atoms with van der Waals surface area (Å²) >= 11 is 0. The van der Waals surface area contributed by atoms with Gasteiger partial charge in [0, 0.05) is 18.0 Å². The molecule has 2 aromatic heterocycles. The van der Waals surface area contributed by atoms with Gasteiger partial charge in [-0.25, -0.2) is 23.1 Å². The fourth-order valence-electron chi connectivity index (χ4n) is 4.26. The van der Waals surface area contributed by atoms with E-state index in [9.17, 15) is 18.7 Å². The number of carboxylic acid groups (broad SMARTS) is 1. The van der Waals surface area contributed by atoms with E-state index in [-0.39, 0.29) is 68.0 Å². The summed E-state index contributed by atoms with van der Waals surface area (Å²) in [5.74, 6) is -0.740. The van der Waals surface area contributed by atoms with E-state index >= 15 is 0 Å². The van der Waals surface area contributed by atoms with Gasteiger partial charge in [0.05, 0.1) is 18.8 Å². The van der Waals surface area contributed by atoms with Crippen molar-refractivity contribution in [2.75, 3.05) is 11.4 Å². The number of ether oxygens (including phenoxy) is 1. The Morgan fingerprint density at radius 1 is 1.15 bits per heavy atom. The summed E-state index contributed by atoms with van der Waals surface area (Å²) in [7, 11) is 0. The maximum Gasteiger partial charge on any atom is 0.356 e. The predicted molar refractivity (Wildman–Crippen MR) is 129 cm³/mol. The van der Waals surface area contributed by atoms with Crippen molar-refractivity contribution >= 4 is 54.7 Å². The first-order valence-corrected chi connectivity index (χ1v) is 10.1. The number of carbonyl (C=O) groups is 1. The molecule has 8 nitrogen and oxygen atoms in total. The standard InChI is InChI=1S/C21H21F2N5O3.3ClH/c22-11-1-2-18(31-14-7-13(24)8-14)15(5-11)16-6-12(23)10-27(16)20-4-3-19-25-9-17(21(29)30)28(19)26-20;;;/h1-5,9,12-14,16H,6-8,10,24H2,(H,29,30);3*1H/t12-,13?,14?,16+;;;/m0.../s1. The zero-order valence-electron chi connectivity index (χ0n) is 17.7. The summed E-state index contributed by atoms with van der Waals surface area (Å²) in [6, 6.07) is 7.10. The Morgan fingerprint density at radius 3 is 2.56 bits per heavy atom. The third kappa shape index (κ3) is 5.14. The number of hydrogen-bond donors (Lipinski definition) is 2. The molecule has 2 fully saturated rings. The summed E-state index contributed by atoms with van der Waals surface area (Å²) in [5, 5.41) is 13.7. The van der Waals surface area contributed by atoms with Gasteiger partial charge < -0.3 is 20.5 Å². The molecule has 1 aliphatic heterocycles. The number of benzene rings is 1. The van der Waals surface area contributed by atoms with Gasteiger partial charge in [-0.3, -0.25) is 0 Å². The normalized spacial score (nSPS) is 23.3. The first kappa shape index (κ1) is 27.8. The average molecular weight is 539 g/mol. The molecule has 34 heavy (non-hydrogen) atoms. The minimum Gasteiger partial charge on any atom is -0.490 e. The molecule has 0 amide bonds. The van der Waals surface area contributed by atoms with Crippen molar-refractivity contribution in [3.05, 3.63) is 53.6 Å². The molecular weight excluding hydrogens is 515 g/mol. The molecule has 3 heterocycles. The minimum atomic E-state index is -1.17. The fourth-order valence-corrected chi connectivity index (χ4v) is 4.26. The highest BCUT2D eigenvalue weighted by Gasteiger charge is 2.37. The first-order chi connectivity index (χ1) is 14.9. The highest BCUT2D eigenvalue weighted by molar-refractivity contribution is 5.86. The van der Waals surface area contributed by atoms with Crippen LogP contribution in [0, 0.1) is 5.82 Å². The lowest BCUT2D eigenvalue weighted by Crippen LogP contribution is -2.43. The van der Waals surface area contributed by atoms with Gasteiger partial charge >= 0.3 is 5.97 Å². The van der Waals surface area contributed by atoms with Crippen LogP contribution in [0.4, 0.5) is 14.6 Å². The molecule has 1 saturated carbocycles. The Bertz CT molecular complexity index is 1160. The number of imidazole rings is 1. The Labute approximate surface area is 212 Å². The number of rotatable bonds is 5. The van der Waals surface area contributed by atoms with Crippen LogP contribution in [0.3, 0.4) is 0 Å².